The molecule has 298 valence electrons. The van der Waals surface area contributed by atoms with Crippen molar-refractivity contribution in [2.24, 2.45) is 0 Å². The molecule has 6 heteroatoms. The molecule has 0 radical (unpaired) electrons. The maximum absolute atomic E-state index is 6.70. The highest BCUT2D eigenvalue weighted by molar-refractivity contribution is 6.16. The fraction of sp³-hybridized carbons (Fsp3) is 0. The lowest BCUT2D eigenvalue weighted by Gasteiger charge is -2.09. The van der Waals surface area contributed by atoms with E-state index < -0.39 is 0 Å². The van der Waals surface area contributed by atoms with Crippen LogP contribution in [0, 0.1) is 0 Å². The molecule has 1 aliphatic carbocycles. The van der Waals surface area contributed by atoms with Gasteiger partial charge in [-0.25, -0.2) is 9.97 Å². The summed E-state index contributed by atoms with van der Waals surface area (Å²) < 4.78 is 21.9. The number of allylic oxidation sites excluding steroid dienone is 2. The summed E-state index contributed by atoms with van der Waals surface area (Å²) in [5.74, 6) is 1.90. The van der Waals surface area contributed by atoms with Crippen LogP contribution < -0.4 is 0 Å². The van der Waals surface area contributed by atoms with E-state index in [2.05, 4.69) is 120 Å². The average molecular weight is 820 g/mol. The Kier molecular flexibility index (Phi) is 7.87. The molecule has 0 fully saturated rings. The normalized spacial score (nSPS) is 12.3. The van der Waals surface area contributed by atoms with Crippen LogP contribution in [0.5, 0.6) is 0 Å². The van der Waals surface area contributed by atoms with Gasteiger partial charge in [-0.05, 0) is 82.9 Å². The van der Waals surface area contributed by atoms with Crippen LogP contribution in [0.2, 0.25) is 0 Å². The average Bonchev–Trinajstić information content (AvgIpc) is 4.13. The Morgan fingerprint density at radius 3 is 2.14 bits per heavy atom. The fourth-order valence-electron chi connectivity index (χ4n) is 9.32. The van der Waals surface area contributed by atoms with Crippen molar-refractivity contribution in [2.75, 3.05) is 0 Å². The minimum Gasteiger partial charge on any atom is -0.456 e. The van der Waals surface area contributed by atoms with Crippen LogP contribution in [-0.4, -0.2) is 14.5 Å². The van der Waals surface area contributed by atoms with Gasteiger partial charge in [0.05, 0.1) is 11.0 Å². The number of hydrogen-bond acceptors (Lipinski definition) is 5. The number of nitrogens with zero attached hydrogens (tertiary/aromatic N) is 3. The van der Waals surface area contributed by atoms with Crippen molar-refractivity contribution in [3.8, 4) is 39.5 Å². The van der Waals surface area contributed by atoms with Gasteiger partial charge < -0.3 is 17.8 Å². The molecule has 1 aliphatic rings. The number of fused-ring (bicyclic) bond motifs is 10. The Hall–Kier alpha value is -8.92. The molecule has 0 saturated heterocycles. The summed E-state index contributed by atoms with van der Waals surface area (Å²) >= 11 is 0. The lowest BCUT2D eigenvalue weighted by atomic mass is 9.98. The maximum atomic E-state index is 6.70. The van der Waals surface area contributed by atoms with Gasteiger partial charge in [0.25, 0.3) is 0 Å². The van der Waals surface area contributed by atoms with Crippen LogP contribution in [0.1, 0.15) is 22.6 Å². The smallest absolute Gasteiger partial charge is 0.179 e. The summed E-state index contributed by atoms with van der Waals surface area (Å²) in [6.45, 7) is 4.31. The lowest BCUT2D eigenvalue weighted by Crippen LogP contribution is -1.95. The molecule has 6 nitrogen and oxygen atoms in total. The number of para-hydroxylation sites is 2. The van der Waals surface area contributed by atoms with E-state index in [1.807, 2.05) is 91.0 Å². The molecule has 0 atom stereocenters. The summed E-state index contributed by atoms with van der Waals surface area (Å²) in [7, 11) is 0. The van der Waals surface area contributed by atoms with Crippen LogP contribution in [0.3, 0.4) is 0 Å². The van der Waals surface area contributed by atoms with Crippen molar-refractivity contribution in [3.05, 3.63) is 211 Å². The number of rotatable bonds is 7. The Balaban J connectivity index is 1.01. The topological polar surface area (TPSA) is 70.1 Å². The predicted molar refractivity (Wildman–Crippen MR) is 260 cm³/mol. The quantitative estimate of drug-likeness (QED) is 0.118. The van der Waals surface area contributed by atoms with Crippen LogP contribution in [0.25, 0.3) is 129 Å². The third-order valence-corrected chi connectivity index (χ3v) is 12.3. The van der Waals surface area contributed by atoms with Crippen molar-refractivity contribution in [3.63, 3.8) is 0 Å². The van der Waals surface area contributed by atoms with Crippen LogP contribution in [-0.2, 0) is 0 Å². The highest BCUT2D eigenvalue weighted by atomic mass is 16.3. The molecule has 0 unspecified atom stereocenters. The van der Waals surface area contributed by atoms with Crippen LogP contribution >= 0.6 is 0 Å². The molecule has 5 heterocycles. The Morgan fingerprint density at radius 2 is 1.28 bits per heavy atom. The number of benzene rings is 7. The summed E-state index contributed by atoms with van der Waals surface area (Å²) in [6, 6.07) is 56.5. The first-order valence-electron chi connectivity index (χ1n) is 21.1. The molecule has 5 aromatic heterocycles. The zero-order valence-corrected chi connectivity index (χ0v) is 34.2. The standard InChI is InChI=1S/C58H33N3O3/c1-35(36-14-4-2-5-15-36)26-29-40-34-47-57(62-40)56(60-58(59-47)44-21-13-25-52-54(44)42-19-9-11-23-50(42)63-52)43-20-12-24-53-55(43)46-33-38(28-31-51(46)64-53)37-27-30-49-45(32-37)41-18-8-10-22-48(41)61(49)39-16-6-3-7-17-39/h2-8,10,12-34H,1H2/b29-26-. The summed E-state index contributed by atoms with van der Waals surface area (Å²) in [5, 5.41) is 5.23. The molecule has 0 saturated carbocycles. The van der Waals surface area contributed by atoms with Gasteiger partial charge in [0, 0.05) is 67.5 Å². The van der Waals surface area contributed by atoms with Crippen molar-refractivity contribution in [2.45, 2.75) is 0 Å². The first kappa shape index (κ1) is 35.8. The lowest BCUT2D eigenvalue weighted by molar-refractivity contribution is 0.603. The van der Waals surface area contributed by atoms with E-state index in [0.29, 0.717) is 28.4 Å². The molecule has 12 aromatic rings. The van der Waals surface area contributed by atoms with Crippen LogP contribution in [0.4, 0.5) is 0 Å². The van der Waals surface area contributed by atoms with Crippen molar-refractivity contribution in [1.29, 1.82) is 0 Å². The number of aromatic nitrogens is 3. The summed E-state index contributed by atoms with van der Waals surface area (Å²) in [4.78, 5) is 10.6. The van der Waals surface area contributed by atoms with E-state index in [9.17, 15) is 0 Å². The Labute approximate surface area is 366 Å². The molecule has 0 bridgehead atoms. The maximum Gasteiger partial charge on any atom is 0.179 e. The first-order valence-corrected chi connectivity index (χ1v) is 21.1. The predicted octanol–water partition coefficient (Wildman–Crippen LogP) is 15.5. The summed E-state index contributed by atoms with van der Waals surface area (Å²) in [6.07, 6.45) is 7.62. The summed E-state index contributed by atoms with van der Waals surface area (Å²) in [5.41, 5.74) is 20.5. The number of furan rings is 3. The molecule has 64 heavy (non-hydrogen) atoms. The molecular weight excluding hydrogens is 787 g/mol. The zero-order valence-electron chi connectivity index (χ0n) is 34.2. The van der Waals surface area contributed by atoms with E-state index in [0.717, 1.165) is 88.8 Å². The van der Waals surface area contributed by atoms with E-state index in [-0.39, 0.29) is 0 Å². The molecule has 0 N–H and O–H groups in total. The third-order valence-electron chi connectivity index (χ3n) is 12.3. The molecule has 0 amide bonds. The Morgan fingerprint density at radius 1 is 0.562 bits per heavy atom. The van der Waals surface area contributed by atoms with Gasteiger partial charge in [0.15, 0.2) is 11.4 Å². The largest absolute Gasteiger partial charge is 0.456 e. The number of hydrogen-bond donors (Lipinski definition) is 0. The van der Waals surface area contributed by atoms with Crippen molar-refractivity contribution in [1.82, 2.24) is 14.5 Å². The molecule has 7 aromatic carbocycles. The third kappa shape index (κ3) is 5.62. The molecule has 13 rings (SSSR count). The molecular formula is C58H33N3O3. The van der Waals surface area contributed by atoms with Gasteiger partial charge in [-0.1, -0.05) is 127 Å². The second-order valence-electron chi connectivity index (χ2n) is 16.0. The van der Waals surface area contributed by atoms with Gasteiger partial charge in [-0.2, -0.15) is 0 Å². The van der Waals surface area contributed by atoms with Crippen LogP contribution in [0.15, 0.2) is 201 Å². The van der Waals surface area contributed by atoms with Gasteiger partial charge in [0.2, 0.25) is 0 Å². The fourth-order valence-corrected chi connectivity index (χ4v) is 9.32. The Bertz CT molecular complexity index is 4050. The minimum absolute atomic E-state index is 0.544. The first-order chi connectivity index (χ1) is 31.6. The second kappa shape index (κ2) is 14.1. The zero-order chi connectivity index (χ0) is 42.3. The molecule has 0 aliphatic heterocycles. The van der Waals surface area contributed by atoms with E-state index >= 15 is 0 Å². The highest BCUT2D eigenvalue weighted by Gasteiger charge is 2.24. The monoisotopic (exact) mass is 819 g/mol. The SMILES string of the molecule is C=C(/C=C\c1cc2nc(-c3cccc4oc5c(c34)C=C=C=C5)nc(-c3cccc4oc5ccc(-c6ccc7c(c6)c6ccccc6n7-c6ccccc6)cc5c34)c2o1)c1ccccc1. The van der Waals surface area contributed by atoms with Gasteiger partial charge in [-0.15, -0.1) is 0 Å². The van der Waals surface area contributed by atoms with E-state index in [1.54, 1.807) is 0 Å². The molecule has 0 spiro atoms. The van der Waals surface area contributed by atoms with Gasteiger partial charge in [0.1, 0.15) is 39.5 Å². The van der Waals surface area contributed by atoms with Gasteiger partial charge >= 0.3 is 0 Å². The van der Waals surface area contributed by atoms with E-state index in [1.165, 1.54) is 16.3 Å². The van der Waals surface area contributed by atoms with Crippen molar-refractivity contribution >= 4 is 89.6 Å². The van der Waals surface area contributed by atoms with Crippen molar-refractivity contribution < 1.29 is 13.3 Å². The van der Waals surface area contributed by atoms with Gasteiger partial charge in [-0.3, -0.25) is 0 Å². The van der Waals surface area contributed by atoms with E-state index in [4.69, 9.17) is 23.2 Å². The second-order valence-corrected chi connectivity index (χ2v) is 16.0. The highest BCUT2D eigenvalue weighted by Crippen LogP contribution is 2.43. The minimum atomic E-state index is 0.544.